The van der Waals surface area contributed by atoms with Gasteiger partial charge >= 0.3 is 12.4 Å². The molecule has 1 aromatic heterocycles. The molecule has 0 unspecified atom stereocenters. The molecule has 0 bridgehead atoms. The van der Waals surface area contributed by atoms with Crippen LogP contribution < -0.4 is 0 Å². The van der Waals surface area contributed by atoms with Crippen LogP contribution in [0.4, 0.5) is 26.3 Å². The summed E-state index contributed by atoms with van der Waals surface area (Å²) in [6, 6.07) is 7.80. The minimum absolute atomic E-state index is 0.250. The molecule has 9 heteroatoms. The van der Waals surface area contributed by atoms with Gasteiger partial charge in [0.2, 0.25) is 5.76 Å². The first-order valence-corrected chi connectivity index (χ1v) is 8.88. The highest BCUT2D eigenvalue weighted by atomic mass is 19.4. The van der Waals surface area contributed by atoms with E-state index in [0.29, 0.717) is 39.1 Å². The maximum atomic E-state index is 13.0. The van der Waals surface area contributed by atoms with Gasteiger partial charge in [0.05, 0.1) is 12.1 Å². The van der Waals surface area contributed by atoms with Crippen LogP contribution >= 0.6 is 0 Å². The lowest BCUT2D eigenvalue weighted by Gasteiger charge is -2.34. The number of hydrogen-bond donors (Lipinski definition) is 0. The third-order valence-corrected chi connectivity index (χ3v) is 4.81. The van der Waals surface area contributed by atoms with Gasteiger partial charge in [-0.25, -0.2) is 0 Å². The molecule has 2 aromatic rings. The number of halogens is 6. The number of piperazine rings is 1. The molecule has 154 valence electrons. The van der Waals surface area contributed by atoms with Crippen LogP contribution in [-0.4, -0.2) is 42.5 Å². The molecule has 0 radical (unpaired) electrons. The Morgan fingerprint density at radius 2 is 1.43 bits per heavy atom. The zero-order chi connectivity index (χ0) is 20.4. The average Bonchev–Trinajstić information content (AvgIpc) is 3.09. The van der Waals surface area contributed by atoms with Crippen molar-refractivity contribution >= 4 is 0 Å². The van der Waals surface area contributed by atoms with Crippen molar-refractivity contribution in [2.45, 2.75) is 25.3 Å². The Bertz CT molecular complexity index is 775. The predicted molar refractivity (Wildman–Crippen MR) is 90.6 cm³/mol. The van der Waals surface area contributed by atoms with Gasteiger partial charge in [0.25, 0.3) is 0 Å². The monoisotopic (exact) mass is 406 g/mol. The summed E-state index contributed by atoms with van der Waals surface area (Å²) in [4.78, 5) is 4.03. The number of nitrogens with zero attached hydrogens (tertiary/aromatic N) is 2. The molecule has 1 saturated heterocycles. The molecule has 1 fully saturated rings. The third-order valence-electron chi connectivity index (χ3n) is 4.81. The summed E-state index contributed by atoms with van der Waals surface area (Å²) in [5, 5.41) is 0. The van der Waals surface area contributed by atoms with Crippen LogP contribution in [0.1, 0.15) is 22.6 Å². The number of benzene rings is 1. The van der Waals surface area contributed by atoms with Gasteiger partial charge in [-0.2, -0.15) is 26.3 Å². The molecule has 0 aliphatic carbocycles. The average molecular weight is 406 g/mol. The maximum absolute atomic E-state index is 13.0. The fraction of sp³-hybridized carbons (Fsp3) is 0.474. The highest BCUT2D eigenvalue weighted by Crippen LogP contribution is 2.32. The van der Waals surface area contributed by atoms with E-state index in [2.05, 4.69) is 4.90 Å². The van der Waals surface area contributed by atoms with Crippen molar-refractivity contribution in [3.8, 4) is 0 Å². The molecule has 28 heavy (non-hydrogen) atoms. The molecule has 0 N–H and O–H groups in total. The van der Waals surface area contributed by atoms with Gasteiger partial charge in [0, 0.05) is 32.7 Å². The molecule has 1 aliphatic rings. The van der Waals surface area contributed by atoms with E-state index in [-0.39, 0.29) is 17.9 Å². The van der Waals surface area contributed by atoms with Gasteiger partial charge in [0.1, 0.15) is 5.76 Å². The van der Waals surface area contributed by atoms with E-state index in [1.165, 1.54) is 18.2 Å². The fourth-order valence-electron chi connectivity index (χ4n) is 3.30. The summed E-state index contributed by atoms with van der Waals surface area (Å²) in [5.41, 5.74) is -0.334. The molecule has 1 aliphatic heterocycles. The van der Waals surface area contributed by atoms with E-state index in [9.17, 15) is 26.3 Å². The normalized spacial score (nSPS) is 17.2. The standard InChI is InChI=1S/C19H20F6N2O/c20-18(21,22)16-4-2-1-3-14(16)7-8-26-9-11-27(12-10-26)13-15-5-6-17(28-15)19(23,24)25/h1-6H,7-13H2. The Morgan fingerprint density at radius 3 is 2.04 bits per heavy atom. The second-order valence-corrected chi connectivity index (χ2v) is 6.79. The van der Waals surface area contributed by atoms with Crippen molar-refractivity contribution in [3.05, 3.63) is 59.0 Å². The Balaban J connectivity index is 1.48. The number of rotatable bonds is 5. The molecular formula is C19H20F6N2O. The van der Waals surface area contributed by atoms with Crippen LogP contribution in [0.3, 0.4) is 0 Å². The van der Waals surface area contributed by atoms with Gasteiger partial charge in [0.15, 0.2) is 0 Å². The van der Waals surface area contributed by atoms with Gasteiger partial charge < -0.3 is 9.32 Å². The first kappa shape index (κ1) is 20.7. The summed E-state index contributed by atoms with van der Waals surface area (Å²) < 4.78 is 81.7. The molecule has 1 aromatic carbocycles. The highest BCUT2D eigenvalue weighted by molar-refractivity contribution is 5.29. The fourth-order valence-corrected chi connectivity index (χ4v) is 3.30. The molecule has 3 rings (SSSR count). The molecule has 0 amide bonds. The van der Waals surface area contributed by atoms with Crippen molar-refractivity contribution in [1.82, 2.24) is 9.80 Å². The van der Waals surface area contributed by atoms with E-state index < -0.39 is 23.7 Å². The highest BCUT2D eigenvalue weighted by Gasteiger charge is 2.35. The molecular weight excluding hydrogens is 386 g/mol. The van der Waals surface area contributed by atoms with Gasteiger partial charge in [-0.05, 0) is 30.2 Å². The van der Waals surface area contributed by atoms with Crippen molar-refractivity contribution < 1.29 is 30.8 Å². The van der Waals surface area contributed by atoms with Crippen LogP contribution in [0.5, 0.6) is 0 Å². The Kier molecular flexibility index (Phi) is 6.04. The van der Waals surface area contributed by atoms with Crippen molar-refractivity contribution in [2.75, 3.05) is 32.7 Å². The smallest absolute Gasteiger partial charge is 0.449 e. The van der Waals surface area contributed by atoms with Crippen LogP contribution in [0.25, 0.3) is 0 Å². The molecule has 2 heterocycles. The van der Waals surface area contributed by atoms with E-state index in [1.807, 2.05) is 4.90 Å². The topological polar surface area (TPSA) is 19.6 Å². The Hall–Kier alpha value is -2.00. The largest absolute Gasteiger partial charge is 0.455 e. The predicted octanol–water partition coefficient (Wildman–Crippen LogP) is 4.68. The van der Waals surface area contributed by atoms with Gasteiger partial charge in [-0.3, -0.25) is 4.90 Å². The molecule has 0 spiro atoms. The van der Waals surface area contributed by atoms with Crippen LogP contribution in [0.2, 0.25) is 0 Å². The van der Waals surface area contributed by atoms with Crippen molar-refractivity contribution in [1.29, 1.82) is 0 Å². The van der Waals surface area contributed by atoms with Crippen LogP contribution in [0, 0.1) is 0 Å². The lowest BCUT2D eigenvalue weighted by atomic mass is 10.0. The second kappa shape index (κ2) is 8.16. The molecule has 3 nitrogen and oxygen atoms in total. The van der Waals surface area contributed by atoms with E-state index in [4.69, 9.17) is 4.42 Å². The molecule has 0 saturated carbocycles. The first-order chi connectivity index (χ1) is 13.1. The summed E-state index contributed by atoms with van der Waals surface area (Å²) in [6.07, 6.45) is -8.57. The Morgan fingerprint density at radius 1 is 0.786 bits per heavy atom. The lowest BCUT2D eigenvalue weighted by molar-refractivity contribution is -0.153. The summed E-state index contributed by atoms with van der Waals surface area (Å²) >= 11 is 0. The number of furan rings is 1. The third kappa shape index (κ3) is 5.29. The van der Waals surface area contributed by atoms with Gasteiger partial charge in [-0.1, -0.05) is 18.2 Å². The molecule has 0 atom stereocenters. The minimum Gasteiger partial charge on any atom is -0.455 e. The van der Waals surface area contributed by atoms with Crippen molar-refractivity contribution in [3.63, 3.8) is 0 Å². The first-order valence-electron chi connectivity index (χ1n) is 8.88. The lowest BCUT2D eigenvalue weighted by Crippen LogP contribution is -2.46. The zero-order valence-corrected chi connectivity index (χ0v) is 15.0. The summed E-state index contributed by atoms with van der Waals surface area (Å²) in [6.45, 7) is 3.29. The van der Waals surface area contributed by atoms with Crippen molar-refractivity contribution in [2.24, 2.45) is 0 Å². The zero-order valence-electron chi connectivity index (χ0n) is 15.0. The van der Waals surface area contributed by atoms with E-state index in [1.54, 1.807) is 6.07 Å². The number of hydrogen-bond acceptors (Lipinski definition) is 3. The second-order valence-electron chi connectivity index (χ2n) is 6.79. The summed E-state index contributed by atoms with van der Waals surface area (Å²) in [7, 11) is 0. The van der Waals surface area contributed by atoms with Gasteiger partial charge in [-0.15, -0.1) is 0 Å². The minimum atomic E-state index is -4.50. The van der Waals surface area contributed by atoms with E-state index >= 15 is 0 Å². The number of alkyl halides is 6. The Labute approximate surface area is 158 Å². The quantitative estimate of drug-likeness (QED) is 0.673. The van der Waals surface area contributed by atoms with Crippen LogP contribution in [0.15, 0.2) is 40.8 Å². The maximum Gasteiger partial charge on any atom is 0.449 e. The van der Waals surface area contributed by atoms with E-state index in [0.717, 1.165) is 12.1 Å². The SMILES string of the molecule is FC(F)(F)c1ccc(CN2CCN(CCc3ccccc3C(F)(F)F)CC2)o1. The van der Waals surface area contributed by atoms with Crippen LogP contribution in [-0.2, 0) is 25.3 Å². The summed E-state index contributed by atoms with van der Waals surface area (Å²) in [5.74, 6) is -0.760.